The molecule has 0 aliphatic heterocycles. The molecule has 0 saturated heterocycles. The van der Waals surface area contributed by atoms with Gasteiger partial charge in [-0.3, -0.25) is 4.79 Å². The molecule has 1 aromatic rings. The lowest BCUT2D eigenvalue weighted by molar-refractivity contribution is -0.119. The Morgan fingerprint density at radius 1 is 1.53 bits per heavy atom. The van der Waals surface area contributed by atoms with E-state index < -0.39 is 0 Å². The van der Waals surface area contributed by atoms with Crippen LogP contribution in [0, 0.1) is 5.82 Å². The first-order valence-electron chi connectivity index (χ1n) is 4.59. The Bertz CT molecular complexity index is 357. The predicted octanol–water partition coefficient (Wildman–Crippen LogP) is 2.14. The minimum absolute atomic E-state index is 0.0891. The number of nitrogens with one attached hydrogen (secondary N) is 2. The average Bonchev–Trinajstić information content (AvgIpc) is 2.17. The van der Waals surface area contributed by atoms with Gasteiger partial charge in [-0.05, 0) is 41.1 Å². The molecule has 5 heteroatoms. The van der Waals surface area contributed by atoms with E-state index in [9.17, 15) is 9.18 Å². The number of anilines is 1. The Balaban J connectivity index is 2.54. The molecule has 0 atom stereocenters. The fraction of sp³-hybridized carbons (Fsp3) is 0.300. The number of carbonyl (C=O) groups is 1. The van der Waals surface area contributed by atoms with Crippen LogP contribution in [0.1, 0.15) is 6.92 Å². The highest BCUT2D eigenvalue weighted by molar-refractivity contribution is 9.10. The van der Waals surface area contributed by atoms with E-state index in [2.05, 4.69) is 26.6 Å². The van der Waals surface area contributed by atoms with E-state index >= 15 is 0 Å². The summed E-state index contributed by atoms with van der Waals surface area (Å²) in [5.74, 6) is -0.404. The number of carbonyl (C=O) groups excluding carboxylic acids is 1. The minimum atomic E-state index is -0.314. The van der Waals surface area contributed by atoms with Crippen LogP contribution in [0.5, 0.6) is 0 Å². The molecule has 0 aromatic heterocycles. The van der Waals surface area contributed by atoms with Crippen molar-refractivity contribution >= 4 is 27.5 Å². The van der Waals surface area contributed by atoms with E-state index in [0.29, 0.717) is 16.7 Å². The molecular formula is C10H12BrFN2O. The van der Waals surface area contributed by atoms with Crippen LogP contribution < -0.4 is 10.6 Å². The van der Waals surface area contributed by atoms with Gasteiger partial charge in [0, 0.05) is 16.7 Å². The normalized spacial score (nSPS) is 9.80. The van der Waals surface area contributed by atoms with Gasteiger partial charge in [-0.25, -0.2) is 4.39 Å². The van der Waals surface area contributed by atoms with Crippen molar-refractivity contribution in [2.75, 3.05) is 18.4 Å². The van der Waals surface area contributed by atoms with Gasteiger partial charge in [0.25, 0.3) is 0 Å². The standard InChI is InChI=1S/C10H12BrFN2O/c1-2-13-10(15)6-14-9-4-3-7(12)5-8(9)11/h3-5,14H,2,6H2,1H3,(H,13,15). The first kappa shape index (κ1) is 12.0. The highest BCUT2D eigenvalue weighted by Gasteiger charge is 2.03. The molecule has 0 bridgehead atoms. The van der Waals surface area contributed by atoms with Crippen LogP contribution >= 0.6 is 15.9 Å². The maximum atomic E-state index is 12.7. The highest BCUT2D eigenvalue weighted by Crippen LogP contribution is 2.22. The molecule has 0 fully saturated rings. The van der Waals surface area contributed by atoms with Crippen LogP contribution in [0.25, 0.3) is 0 Å². The Morgan fingerprint density at radius 2 is 2.27 bits per heavy atom. The van der Waals surface area contributed by atoms with E-state index in [-0.39, 0.29) is 18.3 Å². The first-order chi connectivity index (χ1) is 7.13. The Labute approximate surface area is 96.2 Å². The second kappa shape index (κ2) is 5.70. The molecule has 3 nitrogen and oxygen atoms in total. The molecule has 0 unspecified atom stereocenters. The zero-order valence-corrected chi connectivity index (χ0v) is 9.90. The molecule has 0 spiro atoms. The van der Waals surface area contributed by atoms with E-state index in [1.165, 1.54) is 12.1 Å². The van der Waals surface area contributed by atoms with Crippen molar-refractivity contribution < 1.29 is 9.18 Å². The molecular weight excluding hydrogens is 263 g/mol. The van der Waals surface area contributed by atoms with Crippen molar-refractivity contribution in [3.63, 3.8) is 0 Å². The Kier molecular flexibility index (Phi) is 4.55. The maximum absolute atomic E-state index is 12.7. The summed E-state index contributed by atoms with van der Waals surface area (Å²) in [4.78, 5) is 11.1. The fourth-order valence-corrected chi connectivity index (χ4v) is 1.56. The number of halogens is 2. The van der Waals surface area contributed by atoms with Gasteiger partial charge < -0.3 is 10.6 Å². The average molecular weight is 275 g/mol. The highest BCUT2D eigenvalue weighted by atomic mass is 79.9. The number of hydrogen-bond acceptors (Lipinski definition) is 2. The first-order valence-corrected chi connectivity index (χ1v) is 5.38. The van der Waals surface area contributed by atoms with E-state index in [1.807, 2.05) is 6.92 Å². The van der Waals surface area contributed by atoms with E-state index in [0.717, 1.165) is 0 Å². The Morgan fingerprint density at radius 3 is 2.87 bits per heavy atom. The second-order valence-electron chi connectivity index (χ2n) is 2.93. The van der Waals surface area contributed by atoms with E-state index in [4.69, 9.17) is 0 Å². The topological polar surface area (TPSA) is 41.1 Å². The number of rotatable bonds is 4. The van der Waals surface area contributed by atoms with Gasteiger partial charge >= 0.3 is 0 Å². The number of amides is 1. The molecule has 1 rings (SSSR count). The van der Waals surface area contributed by atoms with Gasteiger partial charge in [-0.15, -0.1) is 0 Å². The van der Waals surface area contributed by atoms with Gasteiger partial charge in [0.1, 0.15) is 5.82 Å². The molecule has 0 heterocycles. The summed E-state index contributed by atoms with van der Waals surface area (Å²) >= 11 is 3.20. The molecule has 0 radical (unpaired) electrons. The summed E-state index contributed by atoms with van der Waals surface area (Å²) in [5.41, 5.74) is 0.697. The van der Waals surface area contributed by atoms with Gasteiger partial charge in [-0.2, -0.15) is 0 Å². The SMILES string of the molecule is CCNC(=O)CNc1ccc(F)cc1Br. The largest absolute Gasteiger partial charge is 0.375 e. The van der Waals surface area contributed by atoms with Crippen LogP contribution in [-0.2, 0) is 4.79 Å². The zero-order chi connectivity index (χ0) is 11.3. The van der Waals surface area contributed by atoms with Gasteiger partial charge in [0.05, 0.1) is 6.54 Å². The molecule has 0 saturated carbocycles. The maximum Gasteiger partial charge on any atom is 0.239 e. The lowest BCUT2D eigenvalue weighted by atomic mass is 10.3. The molecule has 0 aliphatic rings. The molecule has 2 N–H and O–H groups in total. The van der Waals surface area contributed by atoms with Crippen molar-refractivity contribution in [2.45, 2.75) is 6.92 Å². The van der Waals surface area contributed by atoms with Crippen molar-refractivity contribution in [3.05, 3.63) is 28.5 Å². The third kappa shape index (κ3) is 3.87. The van der Waals surface area contributed by atoms with Crippen molar-refractivity contribution in [1.82, 2.24) is 5.32 Å². The number of hydrogen-bond donors (Lipinski definition) is 2. The van der Waals surface area contributed by atoms with Crippen LogP contribution in [0.3, 0.4) is 0 Å². The van der Waals surface area contributed by atoms with Gasteiger partial charge in [-0.1, -0.05) is 0 Å². The summed E-state index contributed by atoms with van der Waals surface area (Å²) in [5, 5.41) is 5.55. The summed E-state index contributed by atoms with van der Waals surface area (Å²) in [7, 11) is 0. The van der Waals surface area contributed by atoms with Gasteiger partial charge in [0.2, 0.25) is 5.91 Å². The summed E-state index contributed by atoms with van der Waals surface area (Å²) < 4.78 is 13.3. The molecule has 0 aliphatic carbocycles. The third-order valence-electron chi connectivity index (χ3n) is 1.74. The monoisotopic (exact) mass is 274 g/mol. The van der Waals surface area contributed by atoms with Crippen molar-refractivity contribution in [1.29, 1.82) is 0 Å². The summed E-state index contributed by atoms with van der Waals surface area (Å²) in [6.07, 6.45) is 0. The summed E-state index contributed by atoms with van der Waals surface area (Å²) in [6.45, 7) is 2.63. The lowest BCUT2D eigenvalue weighted by Gasteiger charge is -2.08. The van der Waals surface area contributed by atoms with Crippen LogP contribution in [0.2, 0.25) is 0 Å². The van der Waals surface area contributed by atoms with Crippen LogP contribution in [-0.4, -0.2) is 19.0 Å². The quantitative estimate of drug-likeness (QED) is 0.883. The molecule has 82 valence electrons. The Hall–Kier alpha value is -1.10. The third-order valence-corrected chi connectivity index (χ3v) is 2.40. The van der Waals surface area contributed by atoms with Crippen molar-refractivity contribution in [2.24, 2.45) is 0 Å². The predicted molar refractivity (Wildman–Crippen MR) is 61.3 cm³/mol. The van der Waals surface area contributed by atoms with E-state index in [1.54, 1.807) is 6.07 Å². The number of benzene rings is 1. The molecule has 1 aromatic carbocycles. The fourth-order valence-electron chi connectivity index (χ4n) is 1.07. The lowest BCUT2D eigenvalue weighted by Crippen LogP contribution is -2.29. The smallest absolute Gasteiger partial charge is 0.239 e. The minimum Gasteiger partial charge on any atom is -0.375 e. The zero-order valence-electron chi connectivity index (χ0n) is 8.31. The van der Waals surface area contributed by atoms with Gasteiger partial charge in [0.15, 0.2) is 0 Å². The van der Waals surface area contributed by atoms with Crippen LogP contribution in [0.4, 0.5) is 10.1 Å². The molecule has 1 amide bonds. The molecule has 15 heavy (non-hydrogen) atoms. The van der Waals surface area contributed by atoms with Crippen LogP contribution in [0.15, 0.2) is 22.7 Å². The van der Waals surface area contributed by atoms with Crippen molar-refractivity contribution in [3.8, 4) is 0 Å². The number of likely N-dealkylation sites (N-methyl/N-ethyl adjacent to an activating group) is 1. The second-order valence-corrected chi connectivity index (χ2v) is 3.79. The summed E-state index contributed by atoms with van der Waals surface area (Å²) in [6, 6.07) is 4.27.